The summed E-state index contributed by atoms with van der Waals surface area (Å²) in [6.45, 7) is 6.52. The second kappa shape index (κ2) is 9.76. The average Bonchev–Trinajstić information content (AvgIpc) is 3.51. The second-order valence-corrected chi connectivity index (χ2v) is 11.2. The minimum Gasteiger partial charge on any atom is -0.414 e. The van der Waals surface area contributed by atoms with Crippen LogP contribution in [0.5, 0.6) is 5.75 Å². The third-order valence-corrected chi connectivity index (χ3v) is 7.67. The van der Waals surface area contributed by atoms with E-state index in [2.05, 4.69) is 44.1 Å². The van der Waals surface area contributed by atoms with Crippen molar-refractivity contribution in [3.8, 4) is 17.0 Å². The molecule has 0 amide bonds. The summed E-state index contributed by atoms with van der Waals surface area (Å²) in [6.07, 6.45) is 3.41. The lowest BCUT2D eigenvalue weighted by molar-refractivity contribution is 0.355. The van der Waals surface area contributed by atoms with Gasteiger partial charge in [0.1, 0.15) is 0 Å². The molecular weight excluding hydrogens is 519 g/mol. The van der Waals surface area contributed by atoms with E-state index in [4.69, 9.17) is 4.18 Å². The molecule has 0 spiro atoms. The van der Waals surface area contributed by atoms with E-state index < -0.39 is 34.8 Å². The van der Waals surface area contributed by atoms with Crippen molar-refractivity contribution in [3.63, 3.8) is 0 Å². The Bertz CT molecular complexity index is 1510. The summed E-state index contributed by atoms with van der Waals surface area (Å²) in [7, 11) is 1.92. The first-order chi connectivity index (χ1) is 18.0. The fourth-order valence-corrected chi connectivity index (χ4v) is 5.54. The molecule has 1 atom stereocenters. The normalized spacial score (nSPS) is 15.1. The molecule has 9 heteroatoms. The van der Waals surface area contributed by atoms with Crippen molar-refractivity contribution in [2.24, 2.45) is 7.05 Å². The highest BCUT2D eigenvalue weighted by Gasteiger charge is 2.30. The fraction of sp³-hybridized carbons (Fsp3) is 0.276. The van der Waals surface area contributed by atoms with Crippen LogP contribution in [0.1, 0.15) is 55.4 Å². The van der Waals surface area contributed by atoms with Gasteiger partial charge in [-0.25, -0.2) is 13.2 Å². The van der Waals surface area contributed by atoms with Crippen molar-refractivity contribution in [3.05, 3.63) is 100 Å². The van der Waals surface area contributed by atoms with E-state index in [9.17, 15) is 22.0 Å². The van der Waals surface area contributed by atoms with Crippen LogP contribution in [0, 0.1) is 29.1 Å². The molecule has 0 bridgehead atoms. The third kappa shape index (κ3) is 4.57. The number of fused-ring (bicyclic) bond motifs is 1. The van der Waals surface area contributed by atoms with Crippen LogP contribution in [-0.2, 0) is 18.9 Å². The van der Waals surface area contributed by atoms with E-state index in [1.165, 1.54) is 11.1 Å². The molecule has 1 heterocycles. The van der Waals surface area contributed by atoms with Crippen LogP contribution in [0.4, 0.5) is 22.0 Å². The molecule has 1 aliphatic rings. The summed E-state index contributed by atoms with van der Waals surface area (Å²) >= 11 is 0.549. The van der Waals surface area contributed by atoms with Crippen LogP contribution in [0.15, 0.2) is 53.6 Å². The zero-order chi connectivity index (χ0) is 27.4. The number of nitrogens with zero attached hydrogens (tertiary/aromatic N) is 2. The van der Waals surface area contributed by atoms with E-state index in [-0.39, 0.29) is 11.3 Å². The van der Waals surface area contributed by atoms with Crippen LogP contribution in [0.3, 0.4) is 0 Å². The Hall–Kier alpha value is -3.33. The van der Waals surface area contributed by atoms with Gasteiger partial charge in [0.2, 0.25) is 34.8 Å². The lowest BCUT2D eigenvalue weighted by Crippen LogP contribution is -2.12. The lowest BCUT2D eigenvalue weighted by atomic mass is 9.81. The highest BCUT2D eigenvalue weighted by Crippen LogP contribution is 2.44. The summed E-state index contributed by atoms with van der Waals surface area (Å²) in [6, 6.07) is 14.1. The van der Waals surface area contributed by atoms with Crippen molar-refractivity contribution in [2.45, 2.75) is 49.8 Å². The molecule has 1 aromatic heterocycles. The Morgan fingerprint density at radius 3 is 2.16 bits per heavy atom. The van der Waals surface area contributed by atoms with Gasteiger partial charge in [-0.05, 0) is 64.8 Å². The SMILES string of the molecule is Cn1nccc1-c1cc(C(C)(C)C)ccc1C1CCc2cc(SOc3c(F)c(F)c(F)c(F)c3F)ccc21. The first-order valence-corrected chi connectivity index (χ1v) is 12.8. The van der Waals surface area contributed by atoms with Gasteiger partial charge < -0.3 is 4.18 Å². The highest BCUT2D eigenvalue weighted by atomic mass is 32.2. The Labute approximate surface area is 221 Å². The number of hydrogen-bond donors (Lipinski definition) is 0. The molecule has 198 valence electrons. The Morgan fingerprint density at radius 1 is 0.868 bits per heavy atom. The average molecular weight is 545 g/mol. The maximum Gasteiger partial charge on any atom is 0.215 e. The summed E-state index contributed by atoms with van der Waals surface area (Å²) < 4.78 is 75.1. The molecule has 38 heavy (non-hydrogen) atoms. The third-order valence-electron chi connectivity index (χ3n) is 6.97. The maximum absolute atomic E-state index is 14.0. The number of hydrogen-bond acceptors (Lipinski definition) is 3. The van der Waals surface area contributed by atoms with Crippen molar-refractivity contribution >= 4 is 12.0 Å². The minimum atomic E-state index is -2.22. The van der Waals surface area contributed by atoms with Gasteiger partial charge in [-0.15, -0.1) is 0 Å². The standard InChI is InChI=1S/C29H25F5N2OS/c1-29(2,3)16-6-9-20(21(14-16)22-11-12-35-36(22)4)19-8-5-15-13-17(7-10-18(15)19)38-37-28-26(33)24(31)23(30)25(32)27(28)34/h6-7,9-14,19H,5,8H2,1-4H3. The summed E-state index contributed by atoms with van der Waals surface area (Å²) in [5.41, 5.74) is 6.66. The predicted octanol–water partition coefficient (Wildman–Crippen LogP) is 8.24. The van der Waals surface area contributed by atoms with E-state index in [0.29, 0.717) is 16.9 Å². The molecule has 0 saturated carbocycles. The fourth-order valence-electron chi connectivity index (χ4n) is 4.90. The molecule has 3 nitrogen and oxygen atoms in total. The Morgan fingerprint density at radius 2 is 1.53 bits per heavy atom. The quantitative estimate of drug-likeness (QED) is 0.110. The summed E-state index contributed by atoms with van der Waals surface area (Å²) in [5, 5.41) is 4.36. The number of aromatic nitrogens is 2. The molecule has 1 aliphatic carbocycles. The molecule has 0 radical (unpaired) electrons. The van der Waals surface area contributed by atoms with Crippen molar-refractivity contribution in [1.29, 1.82) is 0 Å². The van der Waals surface area contributed by atoms with Crippen LogP contribution < -0.4 is 4.18 Å². The summed E-state index contributed by atoms with van der Waals surface area (Å²) in [5.74, 6) is -11.5. The molecule has 0 aliphatic heterocycles. The van der Waals surface area contributed by atoms with Gasteiger partial charge in [-0.1, -0.05) is 39.0 Å². The second-order valence-electron chi connectivity index (χ2n) is 10.4. The monoisotopic (exact) mass is 544 g/mol. The molecule has 0 N–H and O–H groups in total. The molecular formula is C29H25F5N2OS. The smallest absolute Gasteiger partial charge is 0.215 e. The van der Waals surface area contributed by atoms with Gasteiger partial charge in [-0.2, -0.15) is 13.9 Å². The van der Waals surface area contributed by atoms with Gasteiger partial charge in [-0.3, -0.25) is 4.68 Å². The van der Waals surface area contributed by atoms with E-state index in [1.54, 1.807) is 12.3 Å². The van der Waals surface area contributed by atoms with Crippen LogP contribution in [0.25, 0.3) is 11.3 Å². The molecule has 3 aromatic carbocycles. The molecule has 0 fully saturated rings. The van der Waals surface area contributed by atoms with Crippen LogP contribution in [-0.4, -0.2) is 9.78 Å². The van der Waals surface area contributed by atoms with Gasteiger partial charge in [0, 0.05) is 29.6 Å². The first kappa shape index (κ1) is 26.3. The first-order valence-electron chi connectivity index (χ1n) is 12.1. The number of halogens is 5. The van der Waals surface area contributed by atoms with Crippen molar-refractivity contribution in [2.75, 3.05) is 0 Å². The van der Waals surface area contributed by atoms with E-state index in [1.807, 2.05) is 29.9 Å². The lowest BCUT2D eigenvalue weighted by Gasteiger charge is -2.24. The van der Waals surface area contributed by atoms with Crippen LogP contribution >= 0.6 is 12.0 Å². The van der Waals surface area contributed by atoms with Gasteiger partial charge in [0.15, 0.2) is 0 Å². The van der Waals surface area contributed by atoms with Crippen molar-refractivity contribution in [1.82, 2.24) is 9.78 Å². The molecule has 1 unspecified atom stereocenters. The zero-order valence-electron chi connectivity index (χ0n) is 21.2. The number of aryl methyl sites for hydroxylation is 2. The van der Waals surface area contributed by atoms with Crippen LogP contribution in [0.2, 0.25) is 0 Å². The summed E-state index contributed by atoms with van der Waals surface area (Å²) in [4.78, 5) is 0.489. The molecule has 4 aromatic rings. The van der Waals surface area contributed by atoms with E-state index >= 15 is 0 Å². The van der Waals surface area contributed by atoms with Gasteiger partial charge in [0.25, 0.3) is 0 Å². The predicted molar refractivity (Wildman–Crippen MR) is 137 cm³/mol. The van der Waals surface area contributed by atoms with Crippen molar-refractivity contribution < 1.29 is 26.1 Å². The topological polar surface area (TPSA) is 27.1 Å². The molecule has 0 saturated heterocycles. The number of benzene rings is 3. The zero-order valence-corrected chi connectivity index (χ0v) is 22.0. The Kier molecular flexibility index (Phi) is 6.75. The molecule has 5 rings (SSSR count). The maximum atomic E-state index is 14.0. The van der Waals surface area contributed by atoms with Gasteiger partial charge >= 0.3 is 0 Å². The van der Waals surface area contributed by atoms with E-state index in [0.717, 1.165) is 35.2 Å². The largest absolute Gasteiger partial charge is 0.414 e. The minimum absolute atomic E-state index is 0.0269. The number of rotatable bonds is 5. The highest BCUT2D eigenvalue weighted by molar-refractivity contribution is 7.95. The Balaban J connectivity index is 1.46. The van der Waals surface area contributed by atoms with Gasteiger partial charge in [0.05, 0.1) is 17.7 Å².